The maximum Gasteiger partial charge on any atom is 0.325 e. The Hall–Kier alpha value is -1.85. The molecule has 1 atom stereocenters. The van der Waals surface area contributed by atoms with E-state index in [0.29, 0.717) is 17.9 Å². The number of aromatic nitrogens is 3. The van der Waals surface area contributed by atoms with Gasteiger partial charge in [-0.3, -0.25) is 14.8 Å². The third-order valence-electron chi connectivity index (χ3n) is 2.30. The van der Waals surface area contributed by atoms with Crippen LogP contribution in [0.2, 0.25) is 0 Å². The lowest BCUT2D eigenvalue weighted by atomic mass is 10.4. The van der Waals surface area contributed by atoms with Crippen molar-refractivity contribution in [2.45, 2.75) is 23.7 Å². The van der Waals surface area contributed by atoms with Crippen molar-refractivity contribution in [2.75, 3.05) is 0 Å². The van der Waals surface area contributed by atoms with Crippen molar-refractivity contribution in [2.24, 2.45) is 0 Å². The topological polar surface area (TPSA) is 120 Å². The van der Waals surface area contributed by atoms with Gasteiger partial charge in [0.05, 0.1) is 11.5 Å². The lowest BCUT2D eigenvalue weighted by Crippen LogP contribution is -2.35. The Bertz CT molecular complexity index is 694. The number of nitrogens with one attached hydrogen (secondary N) is 1. The Balaban J connectivity index is 2.08. The molecular weight excluding hydrogens is 306 g/mol. The molecule has 0 saturated heterocycles. The first-order valence-electron chi connectivity index (χ1n) is 5.47. The Kier molecular flexibility index (Phi) is 4.11. The molecule has 20 heavy (non-hydrogen) atoms. The van der Waals surface area contributed by atoms with Crippen molar-refractivity contribution in [3.63, 3.8) is 0 Å². The van der Waals surface area contributed by atoms with Crippen LogP contribution in [0.1, 0.15) is 6.92 Å². The number of rotatable bonds is 6. The molecule has 0 amide bonds. The maximum absolute atomic E-state index is 12.0. The standard InChI is InChI=1S/C9H11N5O4S2/c1-7(4-13-6-10-5-11-13)12-20(17,18)9-3-2-8(19-9)14(15)16/h2-3,5-7,12H,4H2,1H3/t7-/m1/s1. The van der Waals surface area contributed by atoms with Gasteiger partial charge < -0.3 is 0 Å². The van der Waals surface area contributed by atoms with Crippen molar-refractivity contribution in [3.05, 3.63) is 34.9 Å². The molecule has 0 aliphatic carbocycles. The van der Waals surface area contributed by atoms with Crippen LogP contribution in [0, 0.1) is 10.1 Å². The van der Waals surface area contributed by atoms with E-state index in [1.807, 2.05) is 0 Å². The molecule has 0 unspecified atom stereocenters. The summed E-state index contributed by atoms with van der Waals surface area (Å²) in [5.74, 6) is 0. The van der Waals surface area contributed by atoms with E-state index in [-0.39, 0.29) is 9.21 Å². The summed E-state index contributed by atoms with van der Waals surface area (Å²) in [6.07, 6.45) is 2.82. The van der Waals surface area contributed by atoms with Gasteiger partial charge in [-0.05, 0) is 24.3 Å². The summed E-state index contributed by atoms with van der Waals surface area (Å²) in [5.41, 5.74) is 0. The van der Waals surface area contributed by atoms with Crippen molar-refractivity contribution in [1.82, 2.24) is 19.5 Å². The Morgan fingerprint density at radius 2 is 2.30 bits per heavy atom. The summed E-state index contributed by atoms with van der Waals surface area (Å²) in [7, 11) is -3.77. The van der Waals surface area contributed by atoms with Crippen LogP contribution < -0.4 is 4.72 Å². The summed E-state index contributed by atoms with van der Waals surface area (Å²) >= 11 is 0.614. The molecule has 0 saturated carbocycles. The normalized spacial score (nSPS) is 13.2. The zero-order valence-electron chi connectivity index (χ0n) is 10.3. The van der Waals surface area contributed by atoms with Gasteiger partial charge in [-0.2, -0.15) is 5.10 Å². The number of thiophene rings is 1. The second-order valence-electron chi connectivity index (χ2n) is 3.99. The van der Waals surface area contributed by atoms with Crippen LogP contribution in [0.25, 0.3) is 0 Å². The summed E-state index contributed by atoms with van der Waals surface area (Å²) in [6.45, 7) is 1.98. The van der Waals surface area contributed by atoms with Gasteiger partial charge in [-0.25, -0.2) is 18.1 Å². The molecule has 0 radical (unpaired) electrons. The molecule has 1 N–H and O–H groups in total. The van der Waals surface area contributed by atoms with Gasteiger partial charge in [0.25, 0.3) is 10.0 Å². The van der Waals surface area contributed by atoms with Crippen molar-refractivity contribution in [3.8, 4) is 0 Å². The van der Waals surface area contributed by atoms with E-state index in [4.69, 9.17) is 0 Å². The van der Waals surface area contributed by atoms with E-state index in [1.54, 1.807) is 6.92 Å². The van der Waals surface area contributed by atoms with Gasteiger partial charge in [0.15, 0.2) is 0 Å². The van der Waals surface area contributed by atoms with E-state index < -0.39 is 21.0 Å². The Morgan fingerprint density at radius 3 is 2.85 bits per heavy atom. The Morgan fingerprint density at radius 1 is 1.55 bits per heavy atom. The lowest BCUT2D eigenvalue weighted by molar-refractivity contribution is -0.380. The van der Waals surface area contributed by atoms with E-state index in [9.17, 15) is 18.5 Å². The van der Waals surface area contributed by atoms with Crippen molar-refractivity contribution in [1.29, 1.82) is 0 Å². The van der Waals surface area contributed by atoms with Gasteiger partial charge in [0.1, 0.15) is 16.9 Å². The minimum Gasteiger partial charge on any atom is -0.258 e. The second kappa shape index (κ2) is 5.64. The van der Waals surface area contributed by atoms with Gasteiger partial charge >= 0.3 is 5.00 Å². The SMILES string of the molecule is C[C@H](Cn1cncn1)NS(=O)(=O)c1ccc([N+](=O)[O-])s1. The third kappa shape index (κ3) is 3.37. The molecule has 11 heteroatoms. The predicted octanol–water partition coefficient (Wildman–Crippen LogP) is 0.615. The molecule has 0 aromatic carbocycles. The van der Waals surface area contributed by atoms with Crippen LogP contribution in [-0.4, -0.2) is 34.1 Å². The van der Waals surface area contributed by atoms with E-state index in [0.717, 1.165) is 0 Å². The first kappa shape index (κ1) is 14.6. The fraction of sp³-hybridized carbons (Fsp3) is 0.333. The summed E-state index contributed by atoms with van der Waals surface area (Å²) < 4.78 is 27.9. The average Bonchev–Trinajstić information content (AvgIpc) is 2.97. The Labute approximate surface area is 118 Å². The molecule has 2 rings (SSSR count). The molecule has 0 fully saturated rings. The smallest absolute Gasteiger partial charge is 0.258 e. The number of nitrogens with zero attached hydrogens (tertiary/aromatic N) is 4. The predicted molar refractivity (Wildman–Crippen MR) is 70.8 cm³/mol. The van der Waals surface area contributed by atoms with Crippen LogP contribution in [0.15, 0.2) is 29.0 Å². The first-order chi connectivity index (χ1) is 9.38. The highest BCUT2D eigenvalue weighted by Gasteiger charge is 2.22. The number of sulfonamides is 1. The fourth-order valence-electron chi connectivity index (χ4n) is 1.52. The average molecular weight is 317 g/mol. The molecule has 108 valence electrons. The van der Waals surface area contributed by atoms with E-state index >= 15 is 0 Å². The molecule has 0 bridgehead atoms. The molecule has 2 aromatic rings. The van der Waals surface area contributed by atoms with Crippen LogP contribution in [0.4, 0.5) is 5.00 Å². The van der Waals surface area contributed by atoms with Gasteiger partial charge in [0, 0.05) is 12.1 Å². The van der Waals surface area contributed by atoms with Gasteiger partial charge in [-0.1, -0.05) is 0 Å². The van der Waals surface area contributed by atoms with Crippen LogP contribution in [-0.2, 0) is 16.6 Å². The molecule has 2 aromatic heterocycles. The molecule has 9 nitrogen and oxygen atoms in total. The number of nitro groups is 1. The third-order valence-corrected chi connectivity index (χ3v) is 5.41. The van der Waals surface area contributed by atoms with Crippen LogP contribution in [0.3, 0.4) is 0 Å². The van der Waals surface area contributed by atoms with Crippen LogP contribution >= 0.6 is 11.3 Å². The highest BCUT2D eigenvalue weighted by molar-refractivity contribution is 7.91. The molecular formula is C9H11N5O4S2. The zero-order valence-corrected chi connectivity index (χ0v) is 12.0. The van der Waals surface area contributed by atoms with Crippen molar-refractivity contribution < 1.29 is 13.3 Å². The van der Waals surface area contributed by atoms with Crippen molar-refractivity contribution >= 4 is 26.4 Å². The summed E-state index contributed by atoms with van der Waals surface area (Å²) in [6, 6.07) is 1.96. The summed E-state index contributed by atoms with van der Waals surface area (Å²) in [5, 5.41) is 14.2. The largest absolute Gasteiger partial charge is 0.325 e. The van der Waals surface area contributed by atoms with Gasteiger partial charge in [-0.15, -0.1) is 0 Å². The van der Waals surface area contributed by atoms with Gasteiger partial charge in [0.2, 0.25) is 0 Å². The fourth-order valence-corrected chi connectivity index (χ4v) is 3.88. The zero-order chi connectivity index (χ0) is 14.8. The minimum absolute atomic E-state index is 0.0883. The number of hydrogen-bond acceptors (Lipinski definition) is 7. The van der Waals surface area contributed by atoms with Crippen LogP contribution in [0.5, 0.6) is 0 Å². The monoisotopic (exact) mass is 317 g/mol. The molecule has 2 heterocycles. The highest BCUT2D eigenvalue weighted by atomic mass is 32.2. The first-order valence-corrected chi connectivity index (χ1v) is 7.77. The highest BCUT2D eigenvalue weighted by Crippen LogP contribution is 2.27. The quantitative estimate of drug-likeness (QED) is 0.616. The maximum atomic E-state index is 12.0. The molecule has 0 spiro atoms. The van der Waals surface area contributed by atoms with E-state index in [2.05, 4.69) is 14.8 Å². The number of hydrogen-bond donors (Lipinski definition) is 1. The minimum atomic E-state index is -3.77. The lowest BCUT2D eigenvalue weighted by Gasteiger charge is -2.12. The second-order valence-corrected chi connectivity index (χ2v) is 6.99. The summed E-state index contributed by atoms with van der Waals surface area (Å²) in [4.78, 5) is 13.7. The molecule has 0 aliphatic heterocycles. The molecule has 0 aliphatic rings. The van der Waals surface area contributed by atoms with E-state index in [1.165, 1.54) is 29.5 Å².